The normalized spacial score (nSPS) is 14.0. The van der Waals surface area contributed by atoms with Gasteiger partial charge in [0.15, 0.2) is 0 Å². The van der Waals surface area contributed by atoms with E-state index in [2.05, 4.69) is 5.10 Å². The minimum absolute atomic E-state index is 0.169. The van der Waals surface area contributed by atoms with Crippen LogP contribution in [0.2, 0.25) is 0 Å². The van der Waals surface area contributed by atoms with Crippen molar-refractivity contribution in [2.45, 2.75) is 20.3 Å². The summed E-state index contributed by atoms with van der Waals surface area (Å²) in [4.78, 5) is 10.4. The van der Waals surface area contributed by atoms with Crippen molar-refractivity contribution in [3.8, 4) is 0 Å². The Kier molecular flexibility index (Phi) is 3.67. The lowest BCUT2D eigenvalue weighted by Gasteiger charge is -1.97. The van der Waals surface area contributed by atoms with Crippen LogP contribution < -0.4 is 5.84 Å². The first-order valence-electron chi connectivity index (χ1n) is 2.89. The van der Waals surface area contributed by atoms with Crippen LogP contribution in [-0.4, -0.2) is 12.0 Å². The zero-order valence-electron chi connectivity index (χ0n) is 5.79. The zero-order valence-corrected chi connectivity index (χ0v) is 5.79. The van der Waals surface area contributed by atoms with Gasteiger partial charge in [0.05, 0.1) is 0 Å². The summed E-state index contributed by atoms with van der Waals surface area (Å²) in [7, 11) is 0. The highest BCUT2D eigenvalue weighted by molar-refractivity contribution is 5.79. The number of carbonyl (C=O) groups excluding carboxylic acids is 1. The van der Waals surface area contributed by atoms with Gasteiger partial charge in [-0.25, -0.2) is 0 Å². The molecule has 0 amide bonds. The molecule has 0 aromatic carbocycles. The molecule has 0 bridgehead atoms. The molecule has 0 saturated heterocycles. The number of Topliss-reactive ketones (excluding diaryl/α,β-unsaturated/α-hetero) is 1. The SMILES string of the molecule is CC(=O)CC(C)/C=N\N. The van der Waals surface area contributed by atoms with E-state index in [1.165, 1.54) is 0 Å². The largest absolute Gasteiger partial charge is 0.324 e. The van der Waals surface area contributed by atoms with Gasteiger partial charge in [-0.1, -0.05) is 6.92 Å². The quantitative estimate of drug-likeness (QED) is 0.343. The maximum Gasteiger partial charge on any atom is 0.130 e. The third-order valence-electron chi connectivity index (χ3n) is 0.950. The maximum atomic E-state index is 10.4. The molecular formula is C6H12N2O. The van der Waals surface area contributed by atoms with E-state index in [9.17, 15) is 4.79 Å². The zero-order chi connectivity index (χ0) is 7.28. The molecule has 0 aliphatic heterocycles. The summed E-state index contributed by atoms with van der Waals surface area (Å²) in [6, 6.07) is 0. The minimum Gasteiger partial charge on any atom is -0.324 e. The monoisotopic (exact) mass is 128 g/mol. The lowest BCUT2D eigenvalue weighted by atomic mass is 10.1. The van der Waals surface area contributed by atoms with Crippen molar-refractivity contribution in [2.24, 2.45) is 16.9 Å². The van der Waals surface area contributed by atoms with Crippen LogP contribution in [0, 0.1) is 5.92 Å². The van der Waals surface area contributed by atoms with Gasteiger partial charge in [0, 0.05) is 18.6 Å². The molecule has 0 aliphatic rings. The fraction of sp³-hybridized carbons (Fsp3) is 0.667. The van der Waals surface area contributed by atoms with Crippen LogP contribution in [0.3, 0.4) is 0 Å². The van der Waals surface area contributed by atoms with E-state index in [0.717, 1.165) is 0 Å². The Balaban J connectivity index is 3.50. The van der Waals surface area contributed by atoms with Crippen molar-refractivity contribution < 1.29 is 4.79 Å². The summed E-state index contributed by atoms with van der Waals surface area (Å²) in [5.41, 5.74) is 0. The van der Waals surface area contributed by atoms with Crippen molar-refractivity contribution in [1.82, 2.24) is 0 Å². The predicted molar refractivity (Wildman–Crippen MR) is 37.1 cm³/mol. The summed E-state index contributed by atoms with van der Waals surface area (Å²) in [5.74, 6) is 5.21. The van der Waals surface area contributed by atoms with E-state index in [1.807, 2.05) is 6.92 Å². The second-order valence-electron chi connectivity index (χ2n) is 2.18. The number of hydrogen-bond donors (Lipinski definition) is 1. The van der Waals surface area contributed by atoms with Crippen molar-refractivity contribution in [3.63, 3.8) is 0 Å². The molecule has 0 aliphatic carbocycles. The van der Waals surface area contributed by atoms with E-state index in [4.69, 9.17) is 5.84 Å². The molecule has 0 rings (SSSR count). The molecule has 0 radical (unpaired) electrons. The van der Waals surface area contributed by atoms with E-state index >= 15 is 0 Å². The first-order valence-corrected chi connectivity index (χ1v) is 2.89. The first-order chi connectivity index (χ1) is 4.16. The molecule has 52 valence electrons. The predicted octanol–water partition coefficient (Wildman–Crippen LogP) is 0.546. The summed E-state index contributed by atoms with van der Waals surface area (Å²) < 4.78 is 0. The number of ketones is 1. The van der Waals surface area contributed by atoms with E-state index < -0.39 is 0 Å². The minimum atomic E-state index is 0.169. The molecular weight excluding hydrogens is 116 g/mol. The highest BCUT2D eigenvalue weighted by atomic mass is 16.1. The van der Waals surface area contributed by atoms with Gasteiger partial charge in [0.1, 0.15) is 5.78 Å². The number of nitrogens with two attached hydrogens (primary N) is 1. The van der Waals surface area contributed by atoms with Gasteiger partial charge in [-0.05, 0) is 6.92 Å². The highest BCUT2D eigenvalue weighted by Gasteiger charge is 1.99. The van der Waals surface area contributed by atoms with Crippen LogP contribution in [0.25, 0.3) is 0 Å². The molecule has 0 heterocycles. The van der Waals surface area contributed by atoms with Crippen LogP contribution >= 0.6 is 0 Å². The molecule has 0 fully saturated rings. The number of carbonyl (C=O) groups is 1. The first kappa shape index (κ1) is 8.14. The van der Waals surface area contributed by atoms with E-state index in [-0.39, 0.29) is 11.7 Å². The van der Waals surface area contributed by atoms with Crippen molar-refractivity contribution in [3.05, 3.63) is 0 Å². The molecule has 0 aromatic heterocycles. The van der Waals surface area contributed by atoms with Gasteiger partial charge in [-0.2, -0.15) is 5.10 Å². The number of hydrogen-bond acceptors (Lipinski definition) is 3. The van der Waals surface area contributed by atoms with Crippen LogP contribution in [0.4, 0.5) is 0 Å². The molecule has 1 unspecified atom stereocenters. The lowest BCUT2D eigenvalue weighted by molar-refractivity contribution is -0.117. The second-order valence-corrected chi connectivity index (χ2v) is 2.18. The molecule has 0 saturated carbocycles. The van der Waals surface area contributed by atoms with Crippen LogP contribution in [0.15, 0.2) is 5.10 Å². The van der Waals surface area contributed by atoms with Gasteiger partial charge in [0.2, 0.25) is 0 Å². The average molecular weight is 128 g/mol. The van der Waals surface area contributed by atoms with Crippen LogP contribution in [0.5, 0.6) is 0 Å². The van der Waals surface area contributed by atoms with Gasteiger partial charge < -0.3 is 10.6 Å². The molecule has 9 heavy (non-hydrogen) atoms. The van der Waals surface area contributed by atoms with Gasteiger partial charge >= 0.3 is 0 Å². The third-order valence-corrected chi connectivity index (χ3v) is 0.950. The Labute approximate surface area is 54.9 Å². The number of hydrazone groups is 1. The standard InChI is InChI=1S/C6H12N2O/c1-5(4-8-7)3-6(2)9/h4-5H,3,7H2,1-2H3/b8-4-. The Bertz CT molecular complexity index is 120. The number of rotatable bonds is 3. The maximum absolute atomic E-state index is 10.4. The topological polar surface area (TPSA) is 55.5 Å². The van der Waals surface area contributed by atoms with Crippen LogP contribution in [-0.2, 0) is 4.79 Å². The molecule has 2 N–H and O–H groups in total. The van der Waals surface area contributed by atoms with Crippen molar-refractivity contribution in [1.29, 1.82) is 0 Å². The highest BCUT2D eigenvalue weighted by Crippen LogP contribution is 1.97. The summed E-state index contributed by atoms with van der Waals surface area (Å²) in [6.45, 7) is 3.46. The van der Waals surface area contributed by atoms with Gasteiger partial charge in [-0.3, -0.25) is 0 Å². The van der Waals surface area contributed by atoms with Crippen molar-refractivity contribution >= 4 is 12.0 Å². The Morgan fingerprint density at radius 2 is 2.44 bits per heavy atom. The summed E-state index contributed by atoms with van der Waals surface area (Å²) in [5, 5.41) is 3.31. The number of nitrogens with zero attached hydrogens (tertiary/aromatic N) is 1. The summed E-state index contributed by atoms with van der Waals surface area (Å²) in [6.07, 6.45) is 2.10. The Hall–Kier alpha value is -0.860. The molecule has 0 aromatic rings. The molecule has 3 heteroatoms. The third kappa shape index (κ3) is 5.00. The Morgan fingerprint density at radius 1 is 1.89 bits per heavy atom. The van der Waals surface area contributed by atoms with Gasteiger partial charge in [-0.15, -0.1) is 0 Å². The fourth-order valence-electron chi connectivity index (χ4n) is 0.653. The average Bonchev–Trinajstić information content (AvgIpc) is 1.63. The fourth-order valence-corrected chi connectivity index (χ4v) is 0.653. The van der Waals surface area contributed by atoms with Crippen molar-refractivity contribution in [2.75, 3.05) is 0 Å². The van der Waals surface area contributed by atoms with Gasteiger partial charge in [0.25, 0.3) is 0 Å². The van der Waals surface area contributed by atoms with E-state index in [0.29, 0.717) is 6.42 Å². The van der Waals surface area contributed by atoms with Crippen LogP contribution in [0.1, 0.15) is 20.3 Å². The smallest absolute Gasteiger partial charge is 0.130 e. The Morgan fingerprint density at radius 3 is 2.78 bits per heavy atom. The van der Waals surface area contributed by atoms with E-state index in [1.54, 1.807) is 13.1 Å². The second kappa shape index (κ2) is 4.06. The lowest BCUT2D eigenvalue weighted by Crippen LogP contribution is -2.03. The summed E-state index contributed by atoms with van der Waals surface area (Å²) >= 11 is 0. The molecule has 0 spiro atoms. The molecule has 3 nitrogen and oxygen atoms in total. The molecule has 1 atom stereocenters.